The van der Waals surface area contributed by atoms with Crippen molar-refractivity contribution in [3.8, 4) is 5.88 Å². The fourth-order valence-electron chi connectivity index (χ4n) is 2.76. The number of nitrogens with zero attached hydrogens (tertiary/aromatic N) is 3. The molecule has 6 nitrogen and oxygen atoms in total. The lowest BCUT2D eigenvalue weighted by Crippen LogP contribution is -2.21. The molecule has 0 spiro atoms. The number of aromatic hydroxyl groups is 1. The fourth-order valence-corrected chi connectivity index (χ4v) is 4.07. The zero-order chi connectivity index (χ0) is 19.2. The number of unbranched alkanes of at least 4 members (excludes halogenated alkanes) is 2. The Morgan fingerprint density at radius 3 is 2.78 bits per heavy atom. The molecule has 1 aliphatic rings. The Bertz CT molecular complexity index is 972. The largest absolute Gasteiger partial charge is 0.550 e. The zero-order valence-electron chi connectivity index (χ0n) is 14.5. The first kappa shape index (κ1) is 19.2. The van der Waals surface area contributed by atoms with E-state index in [0.29, 0.717) is 21.8 Å². The number of carbonyl (C=O) groups is 1. The van der Waals surface area contributed by atoms with Crippen LogP contribution in [0.5, 0.6) is 5.88 Å². The van der Waals surface area contributed by atoms with Crippen molar-refractivity contribution < 1.29 is 15.0 Å². The molecule has 1 aliphatic heterocycles. The molecule has 2 heterocycles. The van der Waals surface area contributed by atoms with Gasteiger partial charge in [0.1, 0.15) is 5.71 Å². The summed E-state index contributed by atoms with van der Waals surface area (Å²) in [5, 5.41) is 29.2. The van der Waals surface area contributed by atoms with Crippen molar-refractivity contribution >= 4 is 47.5 Å². The van der Waals surface area contributed by atoms with E-state index in [0.717, 1.165) is 29.7 Å². The third kappa shape index (κ3) is 4.78. The zero-order valence-corrected chi connectivity index (χ0v) is 16.1. The maximum absolute atomic E-state index is 10.5. The van der Waals surface area contributed by atoms with Gasteiger partial charge in [0.05, 0.1) is 11.1 Å². The van der Waals surface area contributed by atoms with Gasteiger partial charge in [-0.15, -0.1) is 16.4 Å². The molecule has 140 valence electrons. The van der Waals surface area contributed by atoms with Crippen LogP contribution in [0.1, 0.15) is 36.1 Å². The Kier molecular flexibility index (Phi) is 6.31. The number of hydrogen-bond acceptors (Lipinski definition) is 7. The van der Waals surface area contributed by atoms with Crippen LogP contribution < -0.4 is 5.11 Å². The lowest BCUT2D eigenvalue weighted by atomic mass is 10.0. The Hall–Kier alpha value is -2.58. The molecule has 0 saturated heterocycles. The van der Waals surface area contributed by atoms with Crippen molar-refractivity contribution in [1.29, 1.82) is 0 Å². The molecular formula is C19H18N3O3S2-. The molecular weight excluding hydrogens is 382 g/mol. The van der Waals surface area contributed by atoms with Crippen molar-refractivity contribution in [3.63, 3.8) is 0 Å². The van der Waals surface area contributed by atoms with Crippen LogP contribution in [-0.2, 0) is 11.3 Å². The normalized spacial score (nSPS) is 14.7. The van der Waals surface area contributed by atoms with Gasteiger partial charge in [-0.2, -0.15) is 5.10 Å². The fraction of sp³-hybridized carbons (Fsp3) is 0.263. The van der Waals surface area contributed by atoms with Crippen molar-refractivity contribution in [2.75, 3.05) is 0 Å². The summed E-state index contributed by atoms with van der Waals surface area (Å²) in [7, 11) is 0. The summed E-state index contributed by atoms with van der Waals surface area (Å²) < 4.78 is 2.25. The summed E-state index contributed by atoms with van der Waals surface area (Å²) >= 11 is 6.69. The summed E-state index contributed by atoms with van der Waals surface area (Å²) in [4.78, 5) is 11.1. The van der Waals surface area contributed by atoms with Gasteiger partial charge in [0, 0.05) is 23.7 Å². The highest BCUT2D eigenvalue weighted by Crippen LogP contribution is 2.30. The topological polar surface area (TPSA) is 90.0 Å². The molecule has 8 heteroatoms. The average molecular weight is 401 g/mol. The first-order valence-corrected chi connectivity index (χ1v) is 9.79. The van der Waals surface area contributed by atoms with E-state index in [4.69, 9.17) is 12.2 Å². The number of thiazole rings is 1. The van der Waals surface area contributed by atoms with Gasteiger partial charge in [0.2, 0.25) is 5.88 Å². The number of aromatic nitrogens is 1. The minimum absolute atomic E-state index is 0.0549. The van der Waals surface area contributed by atoms with Crippen molar-refractivity contribution in [3.05, 3.63) is 50.3 Å². The summed E-state index contributed by atoms with van der Waals surface area (Å²) in [6.07, 6.45) is 5.59. The SMILES string of the molecule is O=C([O-])CCCCCn1c(O)c(/C=C2\C=NN=C2c2ccccc2)sc1=S. The van der Waals surface area contributed by atoms with Crippen molar-refractivity contribution in [1.82, 2.24) is 4.57 Å². The van der Waals surface area contributed by atoms with Gasteiger partial charge in [-0.25, -0.2) is 0 Å². The van der Waals surface area contributed by atoms with Crippen LogP contribution in [0.25, 0.3) is 6.08 Å². The second kappa shape index (κ2) is 8.88. The van der Waals surface area contributed by atoms with Crippen LogP contribution in [-0.4, -0.2) is 27.6 Å². The number of aliphatic carboxylic acids is 1. The van der Waals surface area contributed by atoms with E-state index in [1.54, 1.807) is 10.8 Å². The standard InChI is InChI=1S/C19H19N3O3S2/c23-16(24)9-5-2-6-10-22-18(25)15(27-19(22)26)11-14-12-20-21-17(14)13-7-3-1-4-8-13/h1,3-4,7-8,11-12,25H,2,5-6,9-10H2,(H,23,24)/p-1/b14-11+. The molecule has 2 aromatic rings. The molecule has 1 aromatic heterocycles. The predicted molar refractivity (Wildman–Crippen MR) is 108 cm³/mol. The lowest BCUT2D eigenvalue weighted by molar-refractivity contribution is -0.305. The number of allylic oxidation sites excluding steroid dienone is 1. The summed E-state index contributed by atoms with van der Waals surface area (Å²) in [5.41, 5.74) is 2.52. The van der Waals surface area contributed by atoms with E-state index in [1.165, 1.54) is 11.3 Å². The molecule has 0 bridgehead atoms. The minimum Gasteiger partial charge on any atom is -0.550 e. The van der Waals surface area contributed by atoms with Crippen molar-refractivity contribution in [2.45, 2.75) is 32.2 Å². The second-order valence-corrected chi connectivity index (χ2v) is 7.72. The van der Waals surface area contributed by atoms with Gasteiger partial charge < -0.3 is 15.0 Å². The van der Waals surface area contributed by atoms with E-state index < -0.39 is 5.97 Å². The first-order chi connectivity index (χ1) is 13.1. The summed E-state index contributed by atoms with van der Waals surface area (Å²) in [6.45, 7) is 0.547. The van der Waals surface area contributed by atoms with Gasteiger partial charge in [-0.3, -0.25) is 4.57 Å². The van der Waals surface area contributed by atoms with Crippen LogP contribution in [0.4, 0.5) is 0 Å². The number of carboxylic acids is 1. The van der Waals surface area contributed by atoms with Crippen LogP contribution >= 0.6 is 23.6 Å². The van der Waals surface area contributed by atoms with E-state index in [9.17, 15) is 15.0 Å². The maximum atomic E-state index is 10.5. The summed E-state index contributed by atoms with van der Waals surface area (Å²) in [5.74, 6) is -0.918. The number of benzene rings is 1. The highest BCUT2D eigenvalue weighted by molar-refractivity contribution is 7.73. The van der Waals surface area contributed by atoms with Crippen LogP contribution in [0.3, 0.4) is 0 Å². The maximum Gasteiger partial charge on any atom is 0.210 e. The smallest absolute Gasteiger partial charge is 0.210 e. The molecule has 1 N–H and O–H groups in total. The summed E-state index contributed by atoms with van der Waals surface area (Å²) in [6, 6.07) is 9.73. The highest BCUT2D eigenvalue weighted by atomic mass is 32.1. The van der Waals surface area contributed by atoms with Crippen molar-refractivity contribution in [2.24, 2.45) is 10.2 Å². The molecule has 0 amide bonds. The monoisotopic (exact) mass is 400 g/mol. The molecule has 1 aromatic carbocycles. The number of rotatable bonds is 8. The first-order valence-electron chi connectivity index (χ1n) is 8.57. The van der Waals surface area contributed by atoms with Gasteiger partial charge >= 0.3 is 0 Å². The van der Waals surface area contributed by atoms with Gasteiger partial charge in [-0.05, 0) is 37.6 Å². The number of hydrogen-bond donors (Lipinski definition) is 1. The molecule has 0 atom stereocenters. The van der Waals surface area contributed by atoms with Crippen LogP contribution in [0.2, 0.25) is 0 Å². The second-order valence-electron chi connectivity index (χ2n) is 6.05. The quantitative estimate of drug-likeness (QED) is 0.544. The lowest BCUT2D eigenvalue weighted by Gasteiger charge is -2.06. The molecule has 3 rings (SSSR count). The van der Waals surface area contributed by atoms with E-state index in [-0.39, 0.29) is 12.3 Å². The third-order valence-corrected chi connectivity index (χ3v) is 5.50. The van der Waals surface area contributed by atoms with Gasteiger partial charge in [0.15, 0.2) is 3.95 Å². The Morgan fingerprint density at radius 1 is 1.26 bits per heavy atom. The predicted octanol–water partition coefficient (Wildman–Crippen LogP) is 3.17. The molecule has 0 fully saturated rings. The molecule has 0 unspecified atom stereocenters. The van der Waals surface area contributed by atoms with Gasteiger partial charge in [-0.1, -0.05) is 36.8 Å². The van der Waals surface area contributed by atoms with Crippen LogP contribution in [0.15, 0.2) is 46.1 Å². The molecule has 0 radical (unpaired) electrons. The van der Waals surface area contributed by atoms with E-state index >= 15 is 0 Å². The Balaban J connectivity index is 1.73. The third-order valence-electron chi connectivity index (χ3n) is 4.12. The molecule has 0 saturated carbocycles. The van der Waals surface area contributed by atoms with Gasteiger partial charge in [0.25, 0.3) is 0 Å². The Morgan fingerprint density at radius 2 is 2.04 bits per heavy atom. The molecule has 27 heavy (non-hydrogen) atoms. The highest BCUT2D eigenvalue weighted by Gasteiger charge is 2.16. The number of carboxylic acid groups (broad SMARTS) is 1. The molecule has 0 aliphatic carbocycles. The van der Waals surface area contributed by atoms with Crippen LogP contribution in [0, 0.1) is 3.95 Å². The number of carbonyl (C=O) groups excluding carboxylic acids is 1. The van der Waals surface area contributed by atoms with E-state index in [2.05, 4.69) is 10.2 Å². The Labute approximate surface area is 165 Å². The average Bonchev–Trinajstić information content (AvgIpc) is 3.21. The minimum atomic E-state index is -1.03. The van der Waals surface area contributed by atoms with E-state index in [1.807, 2.05) is 36.4 Å².